The Hall–Kier alpha value is -0.820. The average molecular weight is 361 g/mol. The number of hydrogen-bond acceptors (Lipinski definition) is 4. The lowest BCUT2D eigenvalue weighted by Crippen LogP contribution is -2.43. The first-order valence-electron chi connectivity index (χ1n) is 9.28. The normalized spacial score (nSPS) is 21.5. The average Bonchev–Trinajstić information content (AvgIpc) is 2.50. The molecular weight excluding hydrogens is 324 g/mol. The molecule has 0 aromatic heterocycles. The van der Waals surface area contributed by atoms with E-state index in [1.807, 2.05) is 13.8 Å². The summed E-state index contributed by atoms with van der Waals surface area (Å²) in [5, 5.41) is 6.53. The van der Waals surface area contributed by atoms with Gasteiger partial charge in [0.2, 0.25) is 0 Å². The number of nitrogens with zero attached hydrogens (tertiary/aromatic N) is 2. The van der Waals surface area contributed by atoms with Gasteiger partial charge in [-0.2, -0.15) is 0 Å². The molecule has 24 heavy (non-hydrogen) atoms. The summed E-state index contributed by atoms with van der Waals surface area (Å²) in [5.74, 6) is 0.984. The Morgan fingerprint density at radius 3 is 2.75 bits per heavy atom. The van der Waals surface area contributed by atoms with Gasteiger partial charge in [-0.3, -0.25) is 4.99 Å². The van der Waals surface area contributed by atoms with Crippen LogP contribution in [-0.2, 0) is 9.84 Å². The van der Waals surface area contributed by atoms with Crippen molar-refractivity contribution in [2.75, 3.05) is 38.2 Å². The highest BCUT2D eigenvalue weighted by Gasteiger charge is 2.17. The van der Waals surface area contributed by atoms with Crippen LogP contribution >= 0.6 is 0 Å². The van der Waals surface area contributed by atoms with Gasteiger partial charge < -0.3 is 15.5 Å². The molecule has 2 atom stereocenters. The second-order valence-corrected chi connectivity index (χ2v) is 9.22. The minimum Gasteiger partial charge on any atom is -0.357 e. The third-order valence-electron chi connectivity index (χ3n) is 4.46. The number of nitrogens with one attached hydrogen (secondary N) is 2. The molecule has 0 radical (unpaired) electrons. The molecule has 0 amide bonds. The highest BCUT2D eigenvalue weighted by Crippen LogP contribution is 2.16. The van der Waals surface area contributed by atoms with Crippen LogP contribution in [0.3, 0.4) is 0 Å². The van der Waals surface area contributed by atoms with Gasteiger partial charge in [0.15, 0.2) is 5.96 Å². The van der Waals surface area contributed by atoms with Gasteiger partial charge in [-0.25, -0.2) is 8.42 Å². The number of guanidine groups is 1. The van der Waals surface area contributed by atoms with Gasteiger partial charge in [0.25, 0.3) is 0 Å². The highest BCUT2D eigenvalue weighted by atomic mass is 32.2. The number of likely N-dealkylation sites (tertiary alicyclic amines) is 1. The zero-order valence-electron chi connectivity index (χ0n) is 15.8. The van der Waals surface area contributed by atoms with E-state index in [-0.39, 0.29) is 11.8 Å². The van der Waals surface area contributed by atoms with Crippen LogP contribution in [0.4, 0.5) is 0 Å². The summed E-state index contributed by atoms with van der Waals surface area (Å²) in [5.41, 5.74) is 0. The Morgan fingerprint density at radius 1 is 1.38 bits per heavy atom. The summed E-state index contributed by atoms with van der Waals surface area (Å²) < 4.78 is 22.5. The van der Waals surface area contributed by atoms with Gasteiger partial charge in [0, 0.05) is 38.0 Å². The van der Waals surface area contributed by atoms with E-state index in [0.29, 0.717) is 12.5 Å². The molecule has 1 saturated heterocycles. The zero-order chi connectivity index (χ0) is 18.0. The van der Waals surface area contributed by atoms with Gasteiger partial charge in [-0.15, -0.1) is 0 Å². The Bertz CT molecular complexity index is 479. The predicted octanol–water partition coefficient (Wildman–Crippen LogP) is 1.63. The van der Waals surface area contributed by atoms with Crippen molar-refractivity contribution >= 4 is 15.8 Å². The number of rotatable bonds is 9. The smallest absolute Gasteiger partial charge is 0.191 e. The Kier molecular flexibility index (Phi) is 9.66. The molecule has 6 nitrogen and oxygen atoms in total. The van der Waals surface area contributed by atoms with Crippen LogP contribution in [0.15, 0.2) is 4.99 Å². The minimum absolute atomic E-state index is 0.0830. The minimum atomic E-state index is -2.91. The highest BCUT2D eigenvalue weighted by molar-refractivity contribution is 7.90. The van der Waals surface area contributed by atoms with Crippen LogP contribution in [0.1, 0.15) is 52.9 Å². The Balaban J connectivity index is 2.35. The van der Waals surface area contributed by atoms with Crippen molar-refractivity contribution < 1.29 is 8.42 Å². The molecule has 2 unspecified atom stereocenters. The van der Waals surface area contributed by atoms with Crippen molar-refractivity contribution in [3.63, 3.8) is 0 Å². The van der Waals surface area contributed by atoms with E-state index >= 15 is 0 Å². The lowest BCUT2D eigenvalue weighted by molar-refractivity contribution is 0.160. The van der Waals surface area contributed by atoms with Gasteiger partial charge in [-0.05, 0) is 53.0 Å². The molecule has 0 aromatic rings. The molecule has 0 aliphatic carbocycles. The van der Waals surface area contributed by atoms with Gasteiger partial charge in [-0.1, -0.05) is 6.42 Å². The maximum absolute atomic E-state index is 11.3. The summed E-state index contributed by atoms with van der Waals surface area (Å²) in [6.45, 7) is 10.3. The van der Waals surface area contributed by atoms with Crippen LogP contribution in [-0.4, -0.2) is 69.5 Å². The SMILES string of the molecule is CCNC(=NCCCN1CCCCC1C)NC(C)CCS(C)(=O)=O. The monoisotopic (exact) mass is 360 g/mol. The fourth-order valence-corrected chi connectivity index (χ4v) is 3.75. The topological polar surface area (TPSA) is 73.8 Å². The first-order chi connectivity index (χ1) is 11.3. The van der Waals surface area contributed by atoms with Crippen molar-refractivity contribution in [3.05, 3.63) is 0 Å². The molecule has 1 heterocycles. The van der Waals surface area contributed by atoms with Crippen LogP contribution in [0.25, 0.3) is 0 Å². The van der Waals surface area contributed by atoms with Crippen molar-refractivity contribution in [3.8, 4) is 0 Å². The Morgan fingerprint density at radius 2 is 2.12 bits per heavy atom. The van der Waals surface area contributed by atoms with Gasteiger partial charge in [0.05, 0.1) is 5.75 Å². The summed E-state index contributed by atoms with van der Waals surface area (Å²) in [4.78, 5) is 7.19. The number of aliphatic imine (C=N–C) groups is 1. The van der Waals surface area contributed by atoms with Gasteiger partial charge in [0.1, 0.15) is 9.84 Å². The molecule has 1 fully saturated rings. The quantitative estimate of drug-likeness (QED) is 0.371. The van der Waals surface area contributed by atoms with Crippen molar-refractivity contribution in [1.82, 2.24) is 15.5 Å². The second-order valence-electron chi connectivity index (χ2n) is 6.96. The van der Waals surface area contributed by atoms with Crippen molar-refractivity contribution in [1.29, 1.82) is 0 Å². The fourth-order valence-electron chi connectivity index (χ4n) is 2.97. The molecule has 0 saturated carbocycles. The first-order valence-corrected chi connectivity index (χ1v) is 11.3. The number of piperidine rings is 1. The molecule has 142 valence electrons. The summed E-state index contributed by atoms with van der Waals surface area (Å²) in [7, 11) is -2.91. The van der Waals surface area contributed by atoms with E-state index in [0.717, 1.165) is 32.0 Å². The Labute approximate surface area is 148 Å². The van der Waals surface area contributed by atoms with E-state index in [1.165, 1.54) is 32.1 Å². The van der Waals surface area contributed by atoms with Crippen molar-refractivity contribution in [2.45, 2.75) is 65.0 Å². The van der Waals surface area contributed by atoms with E-state index in [9.17, 15) is 8.42 Å². The molecule has 1 aliphatic heterocycles. The second kappa shape index (κ2) is 10.9. The van der Waals surface area contributed by atoms with Crippen LogP contribution in [0.2, 0.25) is 0 Å². The van der Waals surface area contributed by atoms with Gasteiger partial charge >= 0.3 is 0 Å². The molecule has 7 heteroatoms. The summed E-state index contributed by atoms with van der Waals surface area (Å²) >= 11 is 0. The molecule has 0 spiro atoms. The van der Waals surface area contributed by atoms with E-state index in [1.54, 1.807) is 0 Å². The molecule has 1 aliphatic rings. The number of sulfone groups is 1. The third-order valence-corrected chi connectivity index (χ3v) is 5.44. The third kappa shape index (κ3) is 9.47. The lowest BCUT2D eigenvalue weighted by Gasteiger charge is -2.33. The zero-order valence-corrected chi connectivity index (χ0v) is 16.7. The van der Waals surface area contributed by atoms with Crippen LogP contribution in [0.5, 0.6) is 0 Å². The lowest BCUT2D eigenvalue weighted by atomic mass is 10.0. The summed E-state index contributed by atoms with van der Waals surface area (Å²) in [6.07, 6.45) is 6.91. The van der Waals surface area contributed by atoms with E-state index < -0.39 is 9.84 Å². The standard InChI is InChI=1S/C17H36N4O2S/c1-5-18-17(20-15(2)10-14-24(4,22)23)19-11-8-13-21-12-7-6-9-16(21)3/h15-16H,5-14H2,1-4H3,(H2,18,19,20). The number of hydrogen-bond donors (Lipinski definition) is 2. The van der Waals surface area contributed by atoms with Crippen molar-refractivity contribution in [2.24, 2.45) is 4.99 Å². The van der Waals surface area contributed by atoms with Crippen LogP contribution in [0, 0.1) is 0 Å². The largest absolute Gasteiger partial charge is 0.357 e. The van der Waals surface area contributed by atoms with E-state index in [4.69, 9.17) is 0 Å². The van der Waals surface area contributed by atoms with E-state index in [2.05, 4.69) is 27.4 Å². The first kappa shape index (κ1) is 21.2. The fraction of sp³-hybridized carbons (Fsp3) is 0.941. The summed E-state index contributed by atoms with van der Waals surface area (Å²) in [6, 6.07) is 0.782. The van der Waals surface area contributed by atoms with Crippen LogP contribution < -0.4 is 10.6 Å². The maximum atomic E-state index is 11.3. The molecule has 1 rings (SSSR count). The molecule has 0 aromatic carbocycles. The maximum Gasteiger partial charge on any atom is 0.191 e. The molecular formula is C17H36N4O2S. The molecule has 0 bridgehead atoms. The molecule has 2 N–H and O–H groups in total. The predicted molar refractivity (Wildman–Crippen MR) is 102 cm³/mol.